The predicted octanol–water partition coefficient (Wildman–Crippen LogP) is 3.16. The minimum atomic E-state index is 0.0302. The molecule has 4 atom stereocenters. The van der Waals surface area contributed by atoms with Crippen molar-refractivity contribution < 1.29 is 5.11 Å². The van der Waals surface area contributed by atoms with Crippen LogP contribution in [0.4, 0.5) is 0 Å². The van der Waals surface area contributed by atoms with Crippen molar-refractivity contribution in [2.75, 3.05) is 6.61 Å². The standard InChI is InChI=1S/C18H20OS2.Be/c1-10(9-19)14-4-5-15-13-8-16(20)17(21)11(2)12(13)6-7-18(14,15)3;/h6,13-15,19H,1-2,5,7-9H2,3H3;. The molecule has 0 spiro atoms. The van der Waals surface area contributed by atoms with Crippen molar-refractivity contribution in [3.63, 3.8) is 0 Å². The molecule has 4 heteroatoms. The van der Waals surface area contributed by atoms with Gasteiger partial charge in [0.1, 0.15) is 0 Å². The third kappa shape index (κ3) is 2.14. The molecule has 3 aliphatic rings. The van der Waals surface area contributed by atoms with E-state index in [2.05, 4.69) is 35.2 Å². The second-order valence-corrected chi connectivity index (χ2v) is 8.03. The third-order valence-corrected chi connectivity index (χ3v) is 6.93. The zero-order valence-corrected chi connectivity index (χ0v) is 14.7. The molecule has 112 valence electrons. The van der Waals surface area contributed by atoms with Crippen molar-refractivity contribution in [3.05, 3.63) is 36.0 Å². The van der Waals surface area contributed by atoms with Gasteiger partial charge in [0.15, 0.2) is 0 Å². The Morgan fingerprint density at radius 1 is 1.45 bits per heavy atom. The van der Waals surface area contributed by atoms with Crippen LogP contribution in [0.15, 0.2) is 36.0 Å². The van der Waals surface area contributed by atoms with E-state index in [9.17, 15) is 5.11 Å². The maximum atomic E-state index is 9.56. The molecule has 0 aromatic carbocycles. The fourth-order valence-electron chi connectivity index (χ4n) is 4.92. The van der Waals surface area contributed by atoms with Gasteiger partial charge in [0.05, 0.1) is 0 Å². The zero-order chi connectivity index (χ0) is 16.2. The number of fused-ring (bicyclic) bond motifs is 3. The van der Waals surface area contributed by atoms with Gasteiger partial charge in [0.25, 0.3) is 0 Å². The average Bonchev–Trinajstić information content (AvgIpc) is 2.75. The van der Waals surface area contributed by atoms with Gasteiger partial charge in [0.2, 0.25) is 0 Å². The van der Waals surface area contributed by atoms with Crippen molar-refractivity contribution >= 4 is 48.5 Å². The summed E-state index contributed by atoms with van der Waals surface area (Å²) in [5.74, 6) is 1.06. The number of hydrogen-bond donors (Lipinski definition) is 1. The first-order chi connectivity index (χ1) is 10.3. The summed E-state index contributed by atoms with van der Waals surface area (Å²) >= 11 is 10.9. The summed E-state index contributed by atoms with van der Waals surface area (Å²) in [6, 6.07) is 0. The second kappa shape index (κ2) is 5.49. The Bertz CT molecular complexity index is 660. The fourth-order valence-corrected chi connectivity index (χ4v) is 5.42. The van der Waals surface area contributed by atoms with Gasteiger partial charge >= 0.3 is 146 Å². The van der Waals surface area contributed by atoms with E-state index in [0.29, 0.717) is 11.8 Å². The summed E-state index contributed by atoms with van der Waals surface area (Å²) in [7, 11) is 4.29. The molecule has 2 fully saturated rings. The third-order valence-electron chi connectivity index (χ3n) is 5.94. The number of hydrogen-bond acceptors (Lipinski definition) is 3. The Labute approximate surface area is 145 Å². The van der Waals surface area contributed by atoms with Gasteiger partial charge in [0, 0.05) is 0 Å². The maximum absolute atomic E-state index is 9.56. The number of aliphatic hydroxyl groups is 1. The molecular formula is C18H20BeOS2. The fraction of sp³-hybridized carbons (Fsp3) is 0.500. The van der Waals surface area contributed by atoms with Crippen LogP contribution >= 0.6 is 24.4 Å². The van der Waals surface area contributed by atoms with E-state index in [0.717, 1.165) is 40.1 Å². The monoisotopic (exact) mass is 325 g/mol. The molecule has 1 N–H and O–H groups in total. The first-order valence-electron chi connectivity index (χ1n) is 7.74. The van der Waals surface area contributed by atoms with Crippen molar-refractivity contribution in [1.82, 2.24) is 0 Å². The zero-order valence-electron chi connectivity index (χ0n) is 13.0. The SMILES string of the molecule is [Be]=[C]1CC2C3CC(=S)C(=S)C(=C)C3=CCC2(C)C1C(=C)CO. The van der Waals surface area contributed by atoms with Crippen molar-refractivity contribution in [1.29, 1.82) is 0 Å². The van der Waals surface area contributed by atoms with Crippen molar-refractivity contribution in [3.8, 4) is 0 Å². The molecule has 22 heavy (non-hydrogen) atoms. The van der Waals surface area contributed by atoms with Crippen LogP contribution < -0.4 is 0 Å². The molecule has 0 aliphatic heterocycles. The molecule has 3 aliphatic carbocycles. The van der Waals surface area contributed by atoms with Crippen molar-refractivity contribution in [2.45, 2.75) is 26.2 Å². The summed E-state index contributed by atoms with van der Waals surface area (Å²) in [5, 5.41) is 10.8. The van der Waals surface area contributed by atoms with E-state index in [1.165, 1.54) is 10.8 Å². The summed E-state index contributed by atoms with van der Waals surface area (Å²) in [4.78, 5) is 1.65. The second-order valence-electron chi connectivity index (χ2n) is 7.13. The van der Waals surface area contributed by atoms with E-state index in [4.69, 9.17) is 24.4 Å². The molecule has 0 saturated heterocycles. The Kier molecular flexibility index (Phi) is 4.06. The number of thiocarbonyl (C=S) groups is 2. The van der Waals surface area contributed by atoms with Gasteiger partial charge in [-0.3, -0.25) is 0 Å². The molecule has 0 aromatic rings. The topological polar surface area (TPSA) is 20.2 Å². The Balaban J connectivity index is 2.04. The van der Waals surface area contributed by atoms with Crippen LogP contribution in [0.5, 0.6) is 0 Å². The summed E-state index contributed by atoms with van der Waals surface area (Å²) in [6.45, 7) is 10.6. The van der Waals surface area contributed by atoms with Gasteiger partial charge in [-0.15, -0.1) is 0 Å². The quantitative estimate of drug-likeness (QED) is 0.364. The van der Waals surface area contributed by atoms with Crippen LogP contribution in [-0.2, 0) is 0 Å². The molecule has 0 aromatic heterocycles. The Hall–Kier alpha value is -0.601. The molecular weight excluding hydrogens is 305 g/mol. The molecule has 0 radical (unpaired) electrons. The number of allylic oxidation sites excluding steroid dienone is 3. The van der Waals surface area contributed by atoms with Crippen LogP contribution in [0.1, 0.15) is 26.2 Å². The van der Waals surface area contributed by atoms with E-state index < -0.39 is 0 Å². The summed E-state index contributed by atoms with van der Waals surface area (Å²) in [5.41, 5.74) is 3.21. The number of rotatable bonds is 2. The summed E-state index contributed by atoms with van der Waals surface area (Å²) in [6.07, 6.45) is 5.09. The van der Waals surface area contributed by atoms with Gasteiger partial charge < -0.3 is 0 Å². The Morgan fingerprint density at radius 2 is 2.14 bits per heavy atom. The average molecular weight is 326 g/mol. The van der Waals surface area contributed by atoms with E-state index in [1.54, 1.807) is 0 Å². The van der Waals surface area contributed by atoms with Crippen LogP contribution in [-0.4, -0.2) is 35.8 Å². The van der Waals surface area contributed by atoms with Gasteiger partial charge in [-0.05, 0) is 0 Å². The van der Waals surface area contributed by atoms with Crippen LogP contribution in [0, 0.1) is 23.2 Å². The molecule has 4 unspecified atom stereocenters. The minimum absolute atomic E-state index is 0.0302. The van der Waals surface area contributed by atoms with Crippen molar-refractivity contribution in [2.24, 2.45) is 23.2 Å². The molecule has 0 heterocycles. The van der Waals surface area contributed by atoms with E-state index >= 15 is 0 Å². The molecule has 1 nitrogen and oxygen atoms in total. The van der Waals surface area contributed by atoms with Gasteiger partial charge in [-0.1, -0.05) is 0 Å². The first-order valence-corrected chi connectivity index (χ1v) is 8.56. The summed E-state index contributed by atoms with van der Waals surface area (Å²) < 4.78 is 0. The Morgan fingerprint density at radius 3 is 2.77 bits per heavy atom. The van der Waals surface area contributed by atoms with E-state index in [-0.39, 0.29) is 17.9 Å². The molecule has 0 amide bonds. The normalized spacial score (nSPS) is 37.8. The molecule has 2 saturated carbocycles. The molecule has 3 rings (SSSR count). The van der Waals surface area contributed by atoms with Crippen LogP contribution in [0.25, 0.3) is 0 Å². The van der Waals surface area contributed by atoms with E-state index in [1.807, 2.05) is 0 Å². The van der Waals surface area contributed by atoms with Gasteiger partial charge in [-0.25, -0.2) is 0 Å². The van der Waals surface area contributed by atoms with Gasteiger partial charge in [-0.2, -0.15) is 0 Å². The first kappa shape index (κ1) is 16.3. The predicted molar refractivity (Wildman–Crippen MR) is 102 cm³/mol. The molecule has 0 bridgehead atoms. The van der Waals surface area contributed by atoms with Crippen LogP contribution in [0.3, 0.4) is 0 Å². The number of aliphatic hydroxyl groups excluding tert-OH is 1. The van der Waals surface area contributed by atoms with Crippen LogP contribution in [0.2, 0.25) is 0 Å².